The Hall–Kier alpha value is -3.46. The molecule has 1 fully saturated rings. The van der Waals surface area contributed by atoms with E-state index in [2.05, 4.69) is 10.3 Å². The zero-order chi connectivity index (χ0) is 25.4. The molecule has 1 unspecified atom stereocenters. The molecule has 0 aliphatic carbocycles. The van der Waals surface area contributed by atoms with Gasteiger partial charge in [0, 0.05) is 30.9 Å². The van der Waals surface area contributed by atoms with Gasteiger partial charge in [0.2, 0.25) is 0 Å². The molecule has 0 bridgehead atoms. The minimum Gasteiger partial charge on any atom is -0.486 e. The number of fused-ring (bicyclic) bond motifs is 1. The van der Waals surface area contributed by atoms with Crippen molar-refractivity contribution in [1.82, 2.24) is 4.98 Å². The lowest BCUT2D eigenvalue weighted by Gasteiger charge is -2.35. The van der Waals surface area contributed by atoms with Gasteiger partial charge >= 0.3 is 0 Å². The molecule has 9 heteroatoms. The number of benzene rings is 2. The lowest BCUT2D eigenvalue weighted by atomic mass is 10.0. The van der Waals surface area contributed by atoms with Crippen LogP contribution in [0.25, 0.3) is 11.1 Å². The molecule has 1 N–H and O–H groups in total. The molecule has 0 radical (unpaired) electrons. The predicted octanol–water partition coefficient (Wildman–Crippen LogP) is 5.74. The number of nitrogens with zero attached hydrogens (tertiary/aromatic N) is 3. The van der Waals surface area contributed by atoms with Gasteiger partial charge in [0.05, 0.1) is 36.8 Å². The second-order valence-corrected chi connectivity index (χ2v) is 9.41. The number of likely N-dealkylation sites (N-methyl/N-ethyl adjacent to an activating group) is 1. The normalized spacial score (nSPS) is 17.2. The average molecular weight is 499 g/mol. The smallest absolute Gasteiger partial charge is 0.178 e. The number of rotatable bonds is 6. The van der Waals surface area contributed by atoms with Gasteiger partial charge in [-0.3, -0.25) is 0 Å². The second kappa shape index (κ2) is 9.89. The van der Waals surface area contributed by atoms with E-state index in [-0.39, 0.29) is 29.2 Å². The molecule has 1 saturated heterocycles. The SMILES string of the molecule is CC(C)N1CCOc2c(F)cc(-c3cc(Nc4ccc(N(C)C5CCOC5)c(F)c4)ncc3F)cc21. The number of anilines is 4. The maximum Gasteiger partial charge on any atom is 0.178 e. The van der Waals surface area contributed by atoms with E-state index in [1.807, 2.05) is 30.7 Å². The Morgan fingerprint density at radius 2 is 1.89 bits per heavy atom. The van der Waals surface area contributed by atoms with Crippen molar-refractivity contribution in [3.05, 3.63) is 60.0 Å². The second-order valence-electron chi connectivity index (χ2n) is 9.41. The minimum atomic E-state index is -0.588. The summed E-state index contributed by atoms with van der Waals surface area (Å²) in [5, 5.41) is 3.03. The number of ether oxygens (including phenoxy) is 2. The zero-order valence-electron chi connectivity index (χ0n) is 20.5. The summed E-state index contributed by atoms with van der Waals surface area (Å²) in [6.45, 7) is 6.27. The lowest BCUT2D eigenvalue weighted by Crippen LogP contribution is -2.38. The maximum atomic E-state index is 14.9. The van der Waals surface area contributed by atoms with Gasteiger partial charge in [0.1, 0.15) is 24.1 Å². The summed E-state index contributed by atoms with van der Waals surface area (Å²) in [4.78, 5) is 8.01. The largest absolute Gasteiger partial charge is 0.486 e. The van der Waals surface area contributed by atoms with Crippen LogP contribution in [0.4, 0.5) is 36.1 Å². The Bertz CT molecular complexity index is 1260. The fraction of sp³-hybridized carbons (Fsp3) is 0.370. The Morgan fingerprint density at radius 1 is 1.06 bits per heavy atom. The van der Waals surface area contributed by atoms with Crippen LogP contribution < -0.4 is 19.9 Å². The molecule has 0 spiro atoms. The molecular weight excluding hydrogens is 469 g/mol. The molecule has 5 rings (SSSR count). The van der Waals surface area contributed by atoms with Gasteiger partial charge in [-0.2, -0.15) is 0 Å². The number of hydrogen-bond acceptors (Lipinski definition) is 6. The molecular formula is C27H29F3N4O2. The molecule has 2 aliphatic rings. The lowest BCUT2D eigenvalue weighted by molar-refractivity contribution is 0.193. The summed E-state index contributed by atoms with van der Waals surface area (Å²) in [7, 11) is 1.85. The van der Waals surface area contributed by atoms with E-state index in [4.69, 9.17) is 9.47 Å². The Kier molecular flexibility index (Phi) is 6.66. The van der Waals surface area contributed by atoms with Crippen LogP contribution in [-0.2, 0) is 4.74 Å². The van der Waals surface area contributed by atoms with Crippen LogP contribution in [0.2, 0.25) is 0 Å². The fourth-order valence-corrected chi connectivity index (χ4v) is 4.76. The summed E-state index contributed by atoms with van der Waals surface area (Å²) >= 11 is 0. The summed E-state index contributed by atoms with van der Waals surface area (Å²) in [5.41, 5.74) is 2.08. The number of aromatic nitrogens is 1. The highest BCUT2D eigenvalue weighted by molar-refractivity contribution is 5.76. The molecule has 190 valence electrons. The molecule has 3 aromatic rings. The molecule has 1 atom stereocenters. The summed E-state index contributed by atoms with van der Waals surface area (Å²) < 4.78 is 55.6. The van der Waals surface area contributed by atoms with Crippen LogP contribution in [0.5, 0.6) is 5.75 Å². The zero-order valence-corrected chi connectivity index (χ0v) is 20.5. The van der Waals surface area contributed by atoms with Crippen LogP contribution in [0.15, 0.2) is 42.6 Å². The average Bonchev–Trinajstić information content (AvgIpc) is 3.40. The summed E-state index contributed by atoms with van der Waals surface area (Å²) in [6.07, 6.45) is 1.92. The van der Waals surface area contributed by atoms with E-state index in [0.717, 1.165) is 12.6 Å². The quantitative estimate of drug-likeness (QED) is 0.468. The van der Waals surface area contributed by atoms with Gasteiger partial charge in [-0.1, -0.05) is 0 Å². The number of nitrogens with one attached hydrogen (secondary N) is 1. The Labute approximate surface area is 208 Å². The van der Waals surface area contributed by atoms with Crippen LogP contribution in [-0.4, -0.2) is 50.5 Å². The van der Waals surface area contributed by atoms with Gasteiger partial charge in [0.25, 0.3) is 0 Å². The van der Waals surface area contributed by atoms with Crippen LogP contribution >= 0.6 is 0 Å². The molecule has 3 heterocycles. The number of pyridine rings is 1. The van der Waals surface area contributed by atoms with Gasteiger partial charge in [-0.05, 0) is 62.2 Å². The van der Waals surface area contributed by atoms with E-state index in [1.54, 1.807) is 18.2 Å². The minimum absolute atomic E-state index is 0.125. The molecule has 2 aliphatic heterocycles. The first-order valence-electron chi connectivity index (χ1n) is 12.1. The van der Waals surface area contributed by atoms with Crippen molar-refractivity contribution in [1.29, 1.82) is 0 Å². The summed E-state index contributed by atoms with van der Waals surface area (Å²) in [5.74, 6) is -1.03. The van der Waals surface area contributed by atoms with Crippen molar-refractivity contribution in [2.24, 2.45) is 0 Å². The van der Waals surface area contributed by atoms with E-state index in [9.17, 15) is 13.2 Å². The first kappa shape index (κ1) is 24.2. The maximum absolute atomic E-state index is 14.9. The first-order chi connectivity index (χ1) is 17.3. The molecule has 2 aromatic carbocycles. The Morgan fingerprint density at radius 3 is 2.61 bits per heavy atom. The molecule has 36 heavy (non-hydrogen) atoms. The highest BCUT2D eigenvalue weighted by atomic mass is 19.1. The predicted molar refractivity (Wildman–Crippen MR) is 135 cm³/mol. The van der Waals surface area contributed by atoms with Crippen molar-refractivity contribution in [3.63, 3.8) is 0 Å². The van der Waals surface area contributed by atoms with E-state index >= 15 is 0 Å². The summed E-state index contributed by atoms with van der Waals surface area (Å²) in [6, 6.07) is 9.56. The van der Waals surface area contributed by atoms with Crippen molar-refractivity contribution in [2.45, 2.75) is 32.4 Å². The van der Waals surface area contributed by atoms with Gasteiger partial charge in [-0.15, -0.1) is 0 Å². The third-order valence-corrected chi connectivity index (χ3v) is 6.76. The topological polar surface area (TPSA) is 49.9 Å². The van der Waals surface area contributed by atoms with Crippen molar-refractivity contribution < 1.29 is 22.6 Å². The number of halogens is 3. The van der Waals surface area contributed by atoms with Crippen molar-refractivity contribution >= 4 is 22.9 Å². The van der Waals surface area contributed by atoms with Crippen LogP contribution in [0.3, 0.4) is 0 Å². The molecule has 0 amide bonds. The third kappa shape index (κ3) is 4.67. The van der Waals surface area contributed by atoms with E-state index in [1.165, 1.54) is 18.2 Å². The van der Waals surface area contributed by atoms with Gasteiger partial charge in [0.15, 0.2) is 11.6 Å². The highest BCUT2D eigenvalue weighted by Crippen LogP contribution is 2.40. The van der Waals surface area contributed by atoms with Crippen LogP contribution in [0, 0.1) is 17.5 Å². The van der Waals surface area contributed by atoms with E-state index in [0.29, 0.717) is 54.8 Å². The third-order valence-electron chi connectivity index (χ3n) is 6.76. The molecule has 1 aromatic heterocycles. The Balaban J connectivity index is 1.42. The fourth-order valence-electron chi connectivity index (χ4n) is 4.76. The number of hydrogen-bond donors (Lipinski definition) is 1. The van der Waals surface area contributed by atoms with E-state index < -0.39 is 11.6 Å². The molecule has 0 saturated carbocycles. The van der Waals surface area contributed by atoms with Crippen LogP contribution in [0.1, 0.15) is 20.3 Å². The monoisotopic (exact) mass is 498 g/mol. The molecule has 6 nitrogen and oxygen atoms in total. The van der Waals surface area contributed by atoms with Gasteiger partial charge in [-0.25, -0.2) is 18.2 Å². The standard InChI is InChI=1S/C27H29F3N4O2/c1-16(2)34-7-9-36-27-22(29)10-17(11-25(27)34)20-13-26(31-14-23(20)30)32-18-4-5-24(21(28)12-18)33(3)19-6-8-35-15-19/h4-5,10-14,16,19H,6-9,15H2,1-3H3,(H,31,32). The van der Waals surface area contributed by atoms with Crippen molar-refractivity contribution in [3.8, 4) is 16.9 Å². The van der Waals surface area contributed by atoms with Gasteiger partial charge < -0.3 is 24.6 Å². The first-order valence-corrected chi connectivity index (χ1v) is 12.1. The van der Waals surface area contributed by atoms with Crippen molar-refractivity contribution in [2.75, 3.05) is 48.5 Å². The highest BCUT2D eigenvalue weighted by Gasteiger charge is 2.26.